The van der Waals surface area contributed by atoms with Crippen LogP contribution in [0, 0.1) is 0 Å². The lowest BCUT2D eigenvalue weighted by molar-refractivity contribution is 0.840. The van der Waals surface area contributed by atoms with Gasteiger partial charge in [0, 0.05) is 0 Å². The van der Waals surface area contributed by atoms with Gasteiger partial charge in [0.2, 0.25) is 0 Å². The van der Waals surface area contributed by atoms with Crippen molar-refractivity contribution in [2.24, 2.45) is 0 Å². The Balaban J connectivity index is 2.69. The highest BCUT2D eigenvalue weighted by molar-refractivity contribution is 5.32. The van der Waals surface area contributed by atoms with Crippen LogP contribution in [-0.2, 0) is 19.3 Å². The number of unbranched alkanes of at least 4 members (excludes halogenated alkanes) is 1. The maximum atomic E-state index is 3.75. The fourth-order valence-electron chi connectivity index (χ4n) is 1.96. The summed E-state index contributed by atoms with van der Waals surface area (Å²) in [7, 11) is 0. The summed E-state index contributed by atoms with van der Waals surface area (Å²) in [4.78, 5) is 0. The smallest absolute Gasteiger partial charge is 0.0276 e. The zero-order chi connectivity index (χ0) is 11.1. The Morgan fingerprint density at radius 2 is 1.87 bits per heavy atom. The van der Waals surface area contributed by atoms with E-state index in [1.807, 2.05) is 6.08 Å². The molecule has 0 unspecified atom stereocenters. The minimum Gasteiger partial charge on any atom is -0.103 e. The van der Waals surface area contributed by atoms with Crippen LogP contribution < -0.4 is 0 Å². The van der Waals surface area contributed by atoms with Crippen LogP contribution in [0.5, 0.6) is 0 Å². The fourth-order valence-corrected chi connectivity index (χ4v) is 1.96. The summed E-state index contributed by atoms with van der Waals surface area (Å²) in [5.41, 5.74) is 4.50. The van der Waals surface area contributed by atoms with E-state index in [0.29, 0.717) is 0 Å². The molecule has 1 aromatic rings. The van der Waals surface area contributed by atoms with Crippen molar-refractivity contribution in [2.75, 3.05) is 0 Å². The summed E-state index contributed by atoms with van der Waals surface area (Å²) in [5, 5.41) is 0. The zero-order valence-corrected chi connectivity index (χ0v) is 10.1. The van der Waals surface area contributed by atoms with E-state index >= 15 is 0 Å². The highest BCUT2D eigenvalue weighted by atomic mass is 14.1. The summed E-state index contributed by atoms with van der Waals surface area (Å²) < 4.78 is 0. The molecule has 82 valence electrons. The molecule has 0 fully saturated rings. The van der Waals surface area contributed by atoms with Crippen molar-refractivity contribution in [1.29, 1.82) is 0 Å². The molecule has 0 radical (unpaired) electrons. The third-order valence-electron chi connectivity index (χ3n) is 2.91. The second-order valence-corrected chi connectivity index (χ2v) is 3.99. The van der Waals surface area contributed by atoms with E-state index in [9.17, 15) is 0 Å². The van der Waals surface area contributed by atoms with Crippen LogP contribution in [0.15, 0.2) is 30.9 Å². The molecule has 0 nitrogen and oxygen atoms in total. The van der Waals surface area contributed by atoms with E-state index in [2.05, 4.69) is 38.6 Å². The van der Waals surface area contributed by atoms with Gasteiger partial charge in [0.1, 0.15) is 0 Å². The van der Waals surface area contributed by atoms with Crippen LogP contribution >= 0.6 is 0 Å². The second kappa shape index (κ2) is 6.44. The Kier molecular flexibility index (Phi) is 5.17. The van der Waals surface area contributed by atoms with E-state index in [1.54, 1.807) is 0 Å². The van der Waals surface area contributed by atoms with Crippen molar-refractivity contribution in [3.05, 3.63) is 47.5 Å². The third-order valence-corrected chi connectivity index (χ3v) is 2.91. The average Bonchev–Trinajstić information content (AvgIpc) is 2.29. The minimum absolute atomic E-state index is 1.12. The maximum absolute atomic E-state index is 3.75. The lowest BCUT2D eigenvalue weighted by Gasteiger charge is -2.08. The van der Waals surface area contributed by atoms with Crippen molar-refractivity contribution >= 4 is 0 Å². The topological polar surface area (TPSA) is 0 Å². The standard InChI is InChI=1S/C15H22/c1-4-7-8-9-13-10-11-14(5-2)15(6-3)12-13/h4,10-12H,1,5-9H2,2-3H3. The predicted octanol–water partition coefficient (Wildman–Crippen LogP) is 4.32. The van der Waals surface area contributed by atoms with Gasteiger partial charge >= 0.3 is 0 Å². The molecule has 0 saturated carbocycles. The van der Waals surface area contributed by atoms with Gasteiger partial charge in [-0.05, 0) is 48.8 Å². The van der Waals surface area contributed by atoms with Gasteiger partial charge in [0.25, 0.3) is 0 Å². The van der Waals surface area contributed by atoms with Crippen molar-refractivity contribution in [3.63, 3.8) is 0 Å². The van der Waals surface area contributed by atoms with Crippen LogP contribution in [0.3, 0.4) is 0 Å². The van der Waals surface area contributed by atoms with E-state index in [0.717, 1.165) is 19.3 Å². The van der Waals surface area contributed by atoms with Crippen LogP contribution in [0.4, 0.5) is 0 Å². The molecule has 0 N–H and O–H groups in total. The van der Waals surface area contributed by atoms with Gasteiger partial charge in [-0.1, -0.05) is 38.1 Å². The zero-order valence-electron chi connectivity index (χ0n) is 10.1. The van der Waals surface area contributed by atoms with Gasteiger partial charge in [-0.2, -0.15) is 0 Å². The second-order valence-electron chi connectivity index (χ2n) is 3.99. The average molecular weight is 202 g/mol. The summed E-state index contributed by atoms with van der Waals surface area (Å²) >= 11 is 0. The summed E-state index contributed by atoms with van der Waals surface area (Å²) in [6, 6.07) is 6.95. The Hall–Kier alpha value is -1.04. The molecule has 0 aliphatic rings. The summed E-state index contributed by atoms with van der Waals surface area (Å²) in [6.45, 7) is 8.22. The number of allylic oxidation sites excluding steroid dienone is 1. The molecule has 1 aromatic carbocycles. The number of rotatable bonds is 6. The quantitative estimate of drug-likeness (QED) is 0.476. The van der Waals surface area contributed by atoms with Gasteiger partial charge in [-0.15, -0.1) is 6.58 Å². The number of aryl methyl sites for hydroxylation is 3. The fraction of sp³-hybridized carbons (Fsp3) is 0.467. The summed E-state index contributed by atoms with van der Waals surface area (Å²) in [5.74, 6) is 0. The molecule has 0 aromatic heterocycles. The Morgan fingerprint density at radius 1 is 1.13 bits per heavy atom. The number of benzene rings is 1. The molecule has 0 saturated heterocycles. The van der Waals surface area contributed by atoms with E-state index in [1.165, 1.54) is 29.5 Å². The molecule has 0 aliphatic carbocycles. The Labute approximate surface area is 94.0 Å². The molecule has 0 aliphatic heterocycles. The van der Waals surface area contributed by atoms with Gasteiger partial charge in [0.15, 0.2) is 0 Å². The molecule has 0 amide bonds. The van der Waals surface area contributed by atoms with E-state index < -0.39 is 0 Å². The largest absolute Gasteiger partial charge is 0.103 e. The monoisotopic (exact) mass is 202 g/mol. The van der Waals surface area contributed by atoms with Crippen molar-refractivity contribution in [3.8, 4) is 0 Å². The van der Waals surface area contributed by atoms with Gasteiger partial charge < -0.3 is 0 Å². The first kappa shape index (κ1) is 12.0. The first-order chi connectivity index (χ1) is 7.31. The van der Waals surface area contributed by atoms with Crippen molar-refractivity contribution in [1.82, 2.24) is 0 Å². The van der Waals surface area contributed by atoms with Gasteiger partial charge in [-0.3, -0.25) is 0 Å². The van der Waals surface area contributed by atoms with E-state index in [-0.39, 0.29) is 0 Å². The highest BCUT2D eigenvalue weighted by Crippen LogP contribution is 2.15. The van der Waals surface area contributed by atoms with Crippen molar-refractivity contribution in [2.45, 2.75) is 46.0 Å². The SMILES string of the molecule is C=CCCCc1ccc(CC)c(CC)c1. The Bertz CT molecular complexity index is 310. The first-order valence-electron chi connectivity index (χ1n) is 6.03. The molecule has 0 heteroatoms. The molecule has 15 heavy (non-hydrogen) atoms. The van der Waals surface area contributed by atoms with Crippen LogP contribution in [0.2, 0.25) is 0 Å². The molecule has 0 atom stereocenters. The molecule has 0 spiro atoms. The van der Waals surface area contributed by atoms with Crippen molar-refractivity contribution < 1.29 is 0 Å². The summed E-state index contributed by atoms with van der Waals surface area (Å²) in [6.07, 6.45) is 7.83. The number of hydrogen-bond acceptors (Lipinski definition) is 0. The predicted molar refractivity (Wildman–Crippen MR) is 68.3 cm³/mol. The highest BCUT2D eigenvalue weighted by Gasteiger charge is 2.00. The maximum Gasteiger partial charge on any atom is -0.0276 e. The molecular formula is C15H22. The van der Waals surface area contributed by atoms with Crippen LogP contribution in [0.1, 0.15) is 43.4 Å². The van der Waals surface area contributed by atoms with Gasteiger partial charge in [0.05, 0.1) is 0 Å². The molecule has 1 rings (SSSR count). The molecule has 0 heterocycles. The molecule has 0 bridgehead atoms. The Morgan fingerprint density at radius 3 is 2.47 bits per heavy atom. The number of hydrogen-bond donors (Lipinski definition) is 0. The minimum atomic E-state index is 1.12. The normalized spacial score (nSPS) is 10.3. The van der Waals surface area contributed by atoms with E-state index in [4.69, 9.17) is 0 Å². The first-order valence-corrected chi connectivity index (χ1v) is 6.03. The molecular weight excluding hydrogens is 180 g/mol. The lowest BCUT2D eigenvalue weighted by atomic mass is 9.98. The lowest BCUT2D eigenvalue weighted by Crippen LogP contribution is -1.94. The third kappa shape index (κ3) is 3.54. The van der Waals surface area contributed by atoms with Gasteiger partial charge in [-0.25, -0.2) is 0 Å². The van der Waals surface area contributed by atoms with Crippen LogP contribution in [0.25, 0.3) is 0 Å². The van der Waals surface area contributed by atoms with Crippen LogP contribution in [-0.4, -0.2) is 0 Å².